The van der Waals surface area contributed by atoms with Crippen LogP contribution in [0.1, 0.15) is 15.9 Å². The number of halogens is 1. The zero-order valence-electron chi connectivity index (χ0n) is 10.2. The summed E-state index contributed by atoms with van der Waals surface area (Å²) in [6, 6.07) is 7.62. The Morgan fingerprint density at radius 3 is 2.41 bits per heavy atom. The fraction of sp³-hybridized carbons (Fsp3) is 0.308. The first-order valence-electron chi connectivity index (χ1n) is 5.34. The van der Waals surface area contributed by atoms with E-state index in [2.05, 4.69) is 32.7 Å². The van der Waals surface area contributed by atoms with Gasteiger partial charge in [0, 0.05) is 23.1 Å². The second-order valence-corrected chi connectivity index (χ2v) is 5.26. The Bertz CT molecular complexity index is 398. The van der Waals surface area contributed by atoms with Gasteiger partial charge in [0.2, 0.25) is 0 Å². The summed E-state index contributed by atoms with van der Waals surface area (Å²) in [4.78, 5) is 13.8. The molecule has 0 spiro atoms. The lowest BCUT2D eigenvalue weighted by Gasteiger charge is -2.10. The molecule has 1 N–H and O–H groups in total. The fourth-order valence-corrected chi connectivity index (χ4v) is 1.55. The quantitative estimate of drug-likeness (QED) is 0.905. The zero-order valence-corrected chi connectivity index (χ0v) is 11.8. The molecule has 3 nitrogen and oxygen atoms in total. The summed E-state index contributed by atoms with van der Waals surface area (Å²) in [5.74, 6) is -0.0815. The van der Waals surface area contributed by atoms with Crippen molar-refractivity contribution in [2.24, 2.45) is 0 Å². The van der Waals surface area contributed by atoms with Crippen molar-refractivity contribution in [1.82, 2.24) is 10.2 Å². The van der Waals surface area contributed by atoms with E-state index in [4.69, 9.17) is 0 Å². The zero-order chi connectivity index (χ0) is 12.8. The van der Waals surface area contributed by atoms with Crippen LogP contribution < -0.4 is 5.32 Å². The van der Waals surface area contributed by atoms with Gasteiger partial charge in [-0.05, 0) is 31.8 Å². The number of carbonyl (C=O) groups is 1. The third-order valence-corrected chi connectivity index (χ3v) is 2.44. The molecule has 4 heteroatoms. The Hall–Kier alpha value is -1.13. The molecule has 1 aromatic rings. The second kappa shape index (κ2) is 6.57. The molecule has 0 fully saturated rings. The van der Waals surface area contributed by atoms with Gasteiger partial charge >= 0.3 is 0 Å². The first-order chi connectivity index (χ1) is 7.99. The summed E-state index contributed by atoms with van der Waals surface area (Å²) < 4.78 is 0.759. The standard InChI is InChI=1S/C13H17BrN2O/c1-10(14)8-15-13(17)12-6-4-11(5-7-12)9-16(2)3/h4-7H,1,8-9H2,2-3H3,(H,15,17). The van der Waals surface area contributed by atoms with E-state index >= 15 is 0 Å². The van der Waals surface area contributed by atoms with Gasteiger partial charge in [-0.15, -0.1) is 0 Å². The molecule has 0 atom stereocenters. The van der Waals surface area contributed by atoms with Crippen LogP contribution in [0.5, 0.6) is 0 Å². The molecule has 0 radical (unpaired) electrons. The minimum atomic E-state index is -0.0815. The van der Waals surface area contributed by atoms with E-state index in [1.807, 2.05) is 38.4 Å². The predicted molar refractivity (Wildman–Crippen MR) is 74.2 cm³/mol. The molecule has 92 valence electrons. The molecule has 0 aliphatic heterocycles. The number of amides is 1. The van der Waals surface area contributed by atoms with Gasteiger partial charge in [0.15, 0.2) is 0 Å². The van der Waals surface area contributed by atoms with Gasteiger partial charge in [-0.1, -0.05) is 34.6 Å². The lowest BCUT2D eigenvalue weighted by atomic mass is 10.1. The van der Waals surface area contributed by atoms with E-state index in [9.17, 15) is 4.79 Å². The molecule has 1 amide bonds. The van der Waals surface area contributed by atoms with Crippen LogP contribution in [0.2, 0.25) is 0 Å². The van der Waals surface area contributed by atoms with Crippen LogP contribution in [0.3, 0.4) is 0 Å². The lowest BCUT2D eigenvalue weighted by molar-refractivity contribution is 0.0958. The van der Waals surface area contributed by atoms with E-state index in [0.29, 0.717) is 12.1 Å². The molecule has 0 aromatic heterocycles. The molecular weight excluding hydrogens is 280 g/mol. The number of nitrogens with zero attached hydrogens (tertiary/aromatic N) is 1. The summed E-state index contributed by atoms with van der Waals surface area (Å²) in [5.41, 5.74) is 1.86. The highest BCUT2D eigenvalue weighted by Crippen LogP contribution is 2.06. The minimum absolute atomic E-state index is 0.0815. The molecule has 0 saturated carbocycles. The van der Waals surface area contributed by atoms with E-state index in [1.54, 1.807) is 0 Å². The molecule has 0 unspecified atom stereocenters. The van der Waals surface area contributed by atoms with E-state index in [-0.39, 0.29) is 5.91 Å². The van der Waals surface area contributed by atoms with Gasteiger partial charge in [-0.2, -0.15) is 0 Å². The van der Waals surface area contributed by atoms with Crippen molar-refractivity contribution < 1.29 is 4.79 Å². The van der Waals surface area contributed by atoms with Crippen LogP contribution >= 0.6 is 15.9 Å². The summed E-state index contributed by atoms with van der Waals surface area (Å²) >= 11 is 3.20. The SMILES string of the molecule is C=C(Br)CNC(=O)c1ccc(CN(C)C)cc1. The maximum atomic E-state index is 11.7. The van der Waals surface area contributed by atoms with Crippen molar-refractivity contribution in [3.63, 3.8) is 0 Å². The van der Waals surface area contributed by atoms with Gasteiger partial charge in [-0.3, -0.25) is 4.79 Å². The molecule has 1 aromatic carbocycles. The summed E-state index contributed by atoms with van der Waals surface area (Å²) in [7, 11) is 4.03. The maximum Gasteiger partial charge on any atom is 0.251 e. The van der Waals surface area contributed by atoms with Gasteiger partial charge in [-0.25, -0.2) is 0 Å². The van der Waals surface area contributed by atoms with Crippen molar-refractivity contribution in [2.45, 2.75) is 6.54 Å². The molecular formula is C13H17BrN2O. The van der Waals surface area contributed by atoms with Crippen LogP contribution in [0.4, 0.5) is 0 Å². The molecule has 0 aliphatic rings. The molecule has 0 saturated heterocycles. The normalized spacial score (nSPS) is 10.4. The van der Waals surface area contributed by atoms with Crippen molar-refractivity contribution in [3.8, 4) is 0 Å². The van der Waals surface area contributed by atoms with Crippen LogP contribution in [0, 0.1) is 0 Å². The number of hydrogen-bond acceptors (Lipinski definition) is 2. The number of nitrogens with one attached hydrogen (secondary N) is 1. The highest BCUT2D eigenvalue weighted by atomic mass is 79.9. The van der Waals surface area contributed by atoms with Crippen molar-refractivity contribution in [3.05, 3.63) is 46.5 Å². The summed E-state index contributed by atoms with van der Waals surface area (Å²) in [5, 5.41) is 2.76. The highest BCUT2D eigenvalue weighted by molar-refractivity contribution is 9.11. The average molecular weight is 297 g/mol. The minimum Gasteiger partial charge on any atom is -0.347 e. The molecule has 0 aliphatic carbocycles. The first-order valence-corrected chi connectivity index (χ1v) is 6.13. The predicted octanol–water partition coefficient (Wildman–Crippen LogP) is 2.39. The van der Waals surface area contributed by atoms with Crippen molar-refractivity contribution in [2.75, 3.05) is 20.6 Å². The number of carbonyl (C=O) groups excluding carboxylic acids is 1. The fourth-order valence-electron chi connectivity index (χ4n) is 1.40. The lowest BCUT2D eigenvalue weighted by Crippen LogP contribution is -2.24. The Balaban J connectivity index is 2.60. The van der Waals surface area contributed by atoms with Crippen LogP contribution in [-0.4, -0.2) is 31.4 Å². The Kier molecular flexibility index (Phi) is 5.38. The summed E-state index contributed by atoms with van der Waals surface area (Å²) in [6.45, 7) is 4.98. The number of benzene rings is 1. The summed E-state index contributed by atoms with van der Waals surface area (Å²) in [6.07, 6.45) is 0. The molecule has 0 heterocycles. The smallest absolute Gasteiger partial charge is 0.251 e. The molecule has 0 bridgehead atoms. The van der Waals surface area contributed by atoms with Crippen LogP contribution in [0.15, 0.2) is 35.3 Å². The van der Waals surface area contributed by atoms with E-state index < -0.39 is 0 Å². The molecule has 1 rings (SSSR count). The molecule has 17 heavy (non-hydrogen) atoms. The maximum absolute atomic E-state index is 11.7. The van der Waals surface area contributed by atoms with Crippen LogP contribution in [-0.2, 0) is 6.54 Å². The average Bonchev–Trinajstić information content (AvgIpc) is 2.26. The topological polar surface area (TPSA) is 32.3 Å². The van der Waals surface area contributed by atoms with Crippen molar-refractivity contribution in [1.29, 1.82) is 0 Å². The van der Waals surface area contributed by atoms with Crippen molar-refractivity contribution >= 4 is 21.8 Å². The van der Waals surface area contributed by atoms with Gasteiger partial charge in [0.1, 0.15) is 0 Å². The van der Waals surface area contributed by atoms with Crippen LogP contribution in [0.25, 0.3) is 0 Å². The first kappa shape index (κ1) is 13.9. The Morgan fingerprint density at radius 2 is 1.94 bits per heavy atom. The van der Waals surface area contributed by atoms with Gasteiger partial charge < -0.3 is 10.2 Å². The Labute approximate surface area is 111 Å². The third-order valence-electron chi connectivity index (χ3n) is 2.16. The second-order valence-electron chi connectivity index (χ2n) is 4.13. The third kappa shape index (κ3) is 5.15. The number of hydrogen-bond donors (Lipinski definition) is 1. The van der Waals surface area contributed by atoms with Gasteiger partial charge in [0.25, 0.3) is 5.91 Å². The van der Waals surface area contributed by atoms with Gasteiger partial charge in [0.05, 0.1) is 0 Å². The Morgan fingerprint density at radius 1 is 1.35 bits per heavy atom. The highest BCUT2D eigenvalue weighted by Gasteiger charge is 2.04. The largest absolute Gasteiger partial charge is 0.347 e. The van der Waals surface area contributed by atoms with E-state index in [1.165, 1.54) is 5.56 Å². The van der Waals surface area contributed by atoms with E-state index in [0.717, 1.165) is 11.0 Å². The number of rotatable bonds is 5. The monoisotopic (exact) mass is 296 g/mol.